The maximum atomic E-state index is 12.5. The van der Waals surface area contributed by atoms with Gasteiger partial charge in [-0.3, -0.25) is 0 Å². The average Bonchev–Trinajstić information content (AvgIpc) is 2.79. The fourth-order valence-electron chi connectivity index (χ4n) is 2.48. The van der Waals surface area contributed by atoms with Crippen molar-refractivity contribution in [1.29, 1.82) is 0 Å². The first-order valence-corrected chi connectivity index (χ1v) is 9.70. The lowest BCUT2D eigenvalue weighted by Gasteiger charge is -2.22. The van der Waals surface area contributed by atoms with Crippen molar-refractivity contribution in [1.82, 2.24) is 10.0 Å². The van der Waals surface area contributed by atoms with Gasteiger partial charge in [0, 0.05) is 18.2 Å². The molecule has 0 radical (unpaired) electrons. The molecule has 7 heteroatoms. The average molecular weight is 379 g/mol. The van der Waals surface area contributed by atoms with Crippen LogP contribution in [0.3, 0.4) is 0 Å². The third-order valence-corrected chi connectivity index (χ3v) is 5.98. The largest absolute Gasteiger partial charge is 0.452 e. The van der Waals surface area contributed by atoms with Crippen LogP contribution >= 0.6 is 15.9 Å². The van der Waals surface area contributed by atoms with Crippen LogP contribution in [0, 0.1) is 0 Å². The Bertz CT molecular complexity index is 563. The minimum absolute atomic E-state index is 0.0442. The fraction of sp³-hybridized carbons (Fsp3) is 0.714. The highest BCUT2D eigenvalue weighted by atomic mass is 79.9. The lowest BCUT2D eigenvalue weighted by Crippen LogP contribution is -2.36. The summed E-state index contributed by atoms with van der Waals surface area (Å²) in [7, 11) is -3.53. The van der Waals surface area contributed by atoms with E-state index in [9.17, 15) is 8.42 Å². The molecule has 0 bridgehead atoms. The van der Waals surface area contributed by atoms with Crippen molar-refractivity contribution < 1.29 is 12.8 Å². The van der Waals surface area contributed by atoms with E-state index in [0.29, 0.717) is 18.3 Å². The topological polar surface area (TPSA) is 71.3 Å². The van der Waals surface area contributed by atoms with Crippen LogP contribution in [-0.2, 0) is 16.6 Å². The van der Waals surface area contributed by atoms with Crippen LogP contribution in [-0.4, -0.2) is 20.5 Å². The first kappa shape index (κ1) is 17.0. The molecule has 1 fully saturated rings. The lowest BCUT2D eigenvalue weighted by molar-refractivity contribution is 0.411. The molecule has 0 aliphatic heterocycles. The van der Waals surface area contributed by atoms with E-state index in [-0.39, 0.29) is 15.6 Å². The van der Waals surface area contributed by atoms with Crippen LogP contribution in [0.25, 0.3) is 0 Å². The highest BCUT2D eigenvalue weighted by molar-refractivity contribution is 9.10. The zero-order valence-corrected chi connectivity index (χ0v) is 14.9. The molecule has 1 aliphatic carbocycles. The number of hydrogen-bond donors (Lipinski definition) is 2. The molecule has 120 valence electrons. The Morgan fingerprint density at radius 3 is 2.62 bits per heavy atom. The Morgan fingerprint density at radius 2 is 2.00 bits per heavy atom. The van der Waals surface area contributed by atoms with Gasteiger partial charge in [-0.2, -0.15) is 0 Å². The van der Waals surface area contributed by atoms with E-state index in [1.807, 2.05) is 13.8 Å². The van der Waals surface area contributed by atoms with Gasteiger partial charge in [0.1, 0.15) is 10.7 Å². The van der Waals surface area contributed by atoms with E-state index < -0.39 is 10.0 Å². The zero-order valence-electron chi connectivity index (χ0n) is 12.5. The van der Waals surface area contributed by atoms with Crippen LogP contribution in [0.1, 0.15) is 51.7 Å². The van der Waals surface area contributed by atoms with Crippen molar-refractivity contribution in [3.05, 3.63) is 16.5 Å². The molecule has 1 aromatic heterocycles. The summed E-state index contributed by atoms with van der Waals surface area (Å²) in [6.45, 7) is 4.57. The van der Waals surface area contributed by atoms with Gasteiger partial charge >= 0.3 is 0 Å². The Hall–Kier alpha value is -0.370. The summed E-state index contributed by atoms with van der Waals surface area (Å²) in [5.74, 6) is 0.611. The molecule has 1 aromatic rings. The van der Waals surface area contributed by atoms with E-state index in [0.717, 1.165) is 25.7 Å². The highest BCUT2D eigenvalue weighted by Crippen LogP contribution is 2.27. The number of furan rings is 1. The van der Waals surface area contributed by atoms with Gasteiger partial charge in [-0.1, -0.05) is 33.1 Å². The standard InChI is InChI=1S/C14H23BrN2O3S/c1-10(2)16-9-12-8-13(14(15)20-12)21(18,19)17-11-6-4-3-5-7-11/h8,10-11,16-17H,3-7,9H2,1-2H3. The fourth-order valence-corrected chi connectivity index (χ4v) is 4.78. The van der Waals surface area contributed by atoms with E-state index in [2.05, 4.69) is 26.0 Å². The molecule has 1 saturated carbocycles. The third kappa shape index (κ3) is 4.81. The normalized spacial score (nSPS) is 17.5. The van der Waals surface area contributed by atoms with Crippen molar-refractivity contribution in [2.45, 2.75) is 69.5 Å². The summed E-state index contributed by atoms with van der Waals surface area (Å²) in [5.41, 5.74) is 0. The van der Waals surface area contributed by atoms with E-state index in [4.69, 9.17) is 4.42 Å². The van der Waals surface area contributed by atoms with Gasteiger partial charge in [0.2, 0.25) is 10.0 Å². The minimum Gasteiger partial charge on any atom is -0.452 e. The Labute approximate surface area is 135 Å². The molecule has 5 nitrogen and oxygen atoms in total. The van der Waals surface area contributed by atoms with Gasteiger partial charge in [0.25, 0.3) is 0 Å². The summed E-state index contributed by atoms with van der Waals surface area (Å²) in [4.78, 5) is 0.189. The zero-order chi connectivity index (χ0) is 15.5. The molecule has 1 heterocycles. The van der Waals surface area contributed by atoms with Crippen molar-refractivity contribution in [2.24, 2.45) is 0 Å². The molecule has 21 heavy (non-hydrogen) atoms. The highest BCUT2D eigenvalue weighted by Gasteiger charge is 2.26. The van der Waals surface area contributed by atoms with Crippen molar-refractivity contribution >= 4 is 26.0 Å². The molecule has 2 rings (SSSR count). The second-order valence-corrected chi connectivity index (χ2v) is 8.25. The van der Waals surface area contributed by atoms with Gasteiger partial charge in [-0.25, -0.2) is 13.1 Å². The summed E-state index contributed by atoms with van der Waals surface area (Å²) in [6.07, 6.45) is 5.19. The second-order valence-electron chi connectivity index (χ2n) is 5.84. The summed E-state index contributed by atoms with van der Waals surface area (Å²) in [5, 5.41) is 3.21. The van der Waals surface area contributed by atoms with Crippen molar-refractivity contribution in [3.63, 3.8) is 0 Å². The van der Waals surface area contributed by atoms with Crippen LogP contribution in [0.15, 0.2) is 20.0 Å². The monoisotopic (exact) mass is 378 g/mol. The molecule has 0 aromatic carbocycles. The van der Waals surface area contributed by atoms with Crippen molar-refractivity contribution in [2.75, 3.05) is 0 Å². The molecule has 0 unspecified atom stereocenters. The van der Waals surface area contributed by atoms with Crippen molar-refractivity contribution in [3.8, 4) is 0 Å². The van der Waals surface area contributed by atoms with Gasteiger partial charge in [0.15, 0.2) is 4.67 Å². The quantitative estimate of drug-likeness (QED) is 0.797. The number of hydrogen-bond acceptors (Lipinski definition) is 4. The van der Waals surface area contributed by atoms with E-state index in [1.165, 1.54) is 6.42 Å². The van der Waals surface area contributed by atoms with Crippen LogP contribution in [0.4, 0.5) is 0 Å². The number of sulfonamides is 1. The Morgan fingerprint density at radius 1 is 1.33 bits per heavy atom. The summed E-state index contributed by atoms with van der Waals surface area (Å²) in [6, 6.07) is 1.95. The lowest BCUT2D eigenvalue weighted by atomic mass is 9.96. The number of halogens is 1. The molecule has 0 amide bonds. The number of nitrogens with one attached hydrogen (secondary N) is 2. The maximum absolute atomic E-state index is 12.5. The van der Waals surface area contributed by atoms with E-state index >= 15 is 0 Å². The minimum atomic E-state index is -3.53. The molecule has 2 N–H and O–H groups in total. The Kier molecular flexibility index (Phi) is 5.88. The molecule has 0 spiro atoms. The molecule has 1 aliphatic rings. The smallest absolute Gasteiger partial charge is 0.245 e. The predicted molar refractivity (Wildman–Crippen MR) is 85.6 cm³/mol. The molecule has 0 saturated heterocycles. The summed E-state index contributed by atoms with van der Waals surface area (Å²) < 4.78 is 33.4. The summed E-state index contributed by atoms with van der Waals surface area (Å²) >= 11 is 3.21. The van der Waals surface area contributed by atoms with Crippen LogP contribution in [0.5, 0.6) is 0 Å². The molecule has 0 atom stereocenters. The third-order valence-electron chi connectivity index (χ3n) is 3.61. The van der Waals surface area contributed by atoms with Gasteiger partial charge in [0.05, 0.1) is 6.54 Å². The van der Waals surface area contributed by atoms with E-state index in [1.54, 1.807) is 6.07 Å². The molecular formula is C14H23BrN2O3S. The first-order valence-electron chi connectivity index (χ1n) is 7.42. The SMILES string of the molecule is CC(C)NCc1cc(S(=O)(=O)NC2CCCCC2)c(Br)o1. The molecular weight excluding hydrogens is 356 g/mol. The first-order chi connectivity index (χ1) is 9.88. The van der Waals surface area contributed by atoms with Crippen LogP contribution in [0.2, 0.25) is 0 Å². The maximum Gasteiger partial charge on any atom is 0.245 e. The van der Waals surface area contributed by atoms with Gasteiger partial charge in [-0.15, -0.1) is 0 Å². The predicted octanol–water partition coefficient (Wildman–Crippen LogP) is 3.15. The number of rotatable bonds is 6. The van der Waals surface area contributed by atoms with Gasteiger partial charge < -0.3 is 9.73 Å². The second kappa shape index (κ2) is 7.26. The Balaban J connectivity index is 2.08. The van der Waals surface area contributed by atoms with Gasteiger partial charge in [-0.05, 0) is 28.8 Å². The van der Waals surface area contributed by atoms with Crippen LogP contribution < -0.4 is 10.0 Å².